The highest BCUT2D eigenvalue weighted by Gasteiger charge is 2.27. The minimum Gasteiger partial charge on any atom is -0.392 e. The molecule has 1 aromatic rings. The predicted molar refractivity (Wildman–Crippen MR) is 79.1 cm³/mol. The molecule has 1 fully saturated rings. The SMILES string of the molecule is Cc1cc(CO)cc(S(=O)(=O)N2CCCCCC2)c1C. The first kappa shape index (κ1) is 15.5. The van der Waals surface area contributed by atoms with Gasteiger partial charge in [-0.15, -0.1) is 0 Å². The van der Waals surface area contributed by atoms with Crippen LogP contribution in [0.5, 0.6) is 0 Å². The number of hydrogen-bond acceptors (Lipinski definition) is 3. The highest BCUT2D eigenvalue weighted by Crippen LogP contribution is 2.26. The van der Waals surface area contributed by atoms with Crippen molar-refractivity contribution in [1.29, 1.82) is 0 Å². The summed E-state index contributed by atoms with van der Waals surface area (Å²) in [6.45, 7) is 4.79. The maximum atomic E-state index is 12.8. The van der Waals surface area contributed by atoms with Crippen LogP contribution >= 0.6 is 0 Å². The summed E-state index contributed by atoms with van der Waals surface area (Å²) in [5.41, 5.74) is 2.35. The van der Waals surface area contributed by atoms with Crippen LogP contribution in [0.4, 0.5) is 0 Å². The molecule has 1 saturated heterocycles. The lowest BCUT2D eigenvalue weighted by Crippen LogP contribution is -2.32. The van der Waals surface area contributed by atoms with Crippen molar-refractivity contribution < 1.29 is 13.5 Å². The van der Waals surface area contributed by atoms with Gasteiger partial charge >= 0.3 is 0 Å². The molecule has 112 valence electrons. The van der Waals surface area contributed by atoms with Gasteiger partial charge in [-0.05, 0) is 49.4 Å². The van der Waals surface area contributed by atoms with Crippen LogP contribution in [-0.2, 0) is 16.6 Å². The van der Waals surface area contributed by atoms with Crippen molar-refractivity contribution in [1.82, 2.24) is 4.31 Å². The van der Waals surface area contributed by atoms with Gasteiger partial charge in [-0.2, -0.15) is 4.31 Å². The summed E-state index contributed by atoms with van der Waals surface area (Å²) in [6, 6.07) is 3.46. The van der Waals surface area contributed by atoms with Gasteiger partial charge in [-0.1, -0.05) is 18.9 Å². The van der Waals surface area contributed by atoms with Crippen molar-refractivity contribution in [2.75, 3.05) is 13.1 Å². The lowest BCUT2D eigenvalue weighted by atomic mass is 10.1. The predicted octanol–water partition coefficient (Wildman–Crippen LogP) is 2.36. The van der Waals surface area contributed by atoms with Crippen LogP contribution in [0.2, 0.25) is 0 Å². The lowest BCUT2D eigenvalue weighted by Gasteiger charge is -2.22. The molecule has 0 bridgehead atoms. The summed E-state index contributed by atoms with van der Waals surface area (Å²) in [7, 11) is -3.45. The van der Waals surface area contributed by atoms with Crippen molar-refractivity contribution in [3.05, 3.63) is 28.8 Å². The number of sulfonamides is 1. The molecule has 0 aliphatic carbocycles. The van der Waals surface area contributed by atoms with Crippen LogP contribution in [0.25, 0.3) is 0 Å². The van der Waals surface area contributed by atoms with Gasteiger partial charge in [0, 0.05) is 13.1 Å². The molecule has 0 unspecified atom stereocenters. The third kappa shape index (κ3) is 3.05. The van der Waals surface area contributed by atoms with Crippen LogP contribution in [-0.4, -0.2) is 30.9 Å². The van der Waals surface area contributed by atoms with Gasteiger partial charge in [-0.3, -0.25) is 0 Å². The fraction of sp³-hybridized carbons (Fsp3) is 0.600. The first-order valence-corrected chi connectivity index (χ1v) is 8.62. The standard InChI is InChI=1S/C15H23NO3S/c1-12-9-14(11-17)10-15(13(12)2)20(18,19)16-7-5-3-4-6-8-16/h9-10,17H,3-8,11H2,1-2H3. The Kier molecular flexibility index (Phi) is 4.83. The molecule has 5 heteroatoms. The van der Waals surface area contributed by atoms with E-state index in [2.05, 4.69) is 0 Å². The van der Waals surface area contributed by atoms with Crippen molar-refractivity contribution >= 4 is 10.0 Å². The number of rotatable bonds is 3. The Balaban J connectivity index is 2.45. The molecule has 0 amide bonds. The zero-order chi connectivity index (χ0) is 14.8. The van der Waals surface area contributed by atoms with E-state index in [1.54, 1.807) is 10.4 Å². The number of benzene rings is 1. The zero-order valence-corrected chi connectivity index (χ0v) is 13.0. The lowest BCUT2D eigenvalue weighted by molar-refractivity contribution is 0.281. The third-order valence-electron chi connectivity index (χ3n) is 4.04. The van der Waals surface area contributed by atoms with E-state index in [9.17, 15) is 13.5 Å². The Morgan fingerprint density at radius 3 is 2.25 bits per heavy atom. The van der Waals surface area contributed by atoms with Gasteiger partial charge in [-0.25, -0.2) is 8.42 Å². The first-order valence-electron chi connectivity index (χ1n) is 7.18. The zero-order valence-electron chi connectivity index (χ0n) is 12.2. The molecule has 1 heterocycles. The Morgan fingerprint density at radius 2 is 1.70 bits per heavy atom. The molecule has 0 atom stereocenters. The minimum absolute atomic E-state index is 0.135. The molecular formula is C15H23NO3S. The van der Waals surface area contributed by atoms with E-state index in [1.807, 2.05) is 19.9 Å². The summed E-state index contributed by atoms with van der Waals surface area (Å²) >= 11 is 0. The van der Waals surface area contributed by atoms with E-state index < -0.39 is 10.0 Å². The second-order valence-electron chi connectivity index (χ2n) is 5.51. The molecule has 1 N–H and O–H groups in total. The van der Waals surface area contributed by atoms with E-state index >= 15 is 0 Å². The van der Waals surface area contributed by atoms with Gasteiger partial charge in [0.15, 0.2) is 0 Å². The molecule has 0 radical (unpaired) electrons. The molecule has 0 aromatic heterocycles. The van der Waals surface area contributed by atoms with Crippen molar-refractivity contribution in [3.63, 3.8) is 0 Å². The second kappa shape index (κ2) is 6.24. The normalized spacial score (nSPS) is 17.9. The average molecular weight is 297 g/mol. The minimum atomic E-state index is -3.45. The summed E-state index contributed by atoms with van der Waals surface area (Å²) in [4.78, 5) is 0.350. The third-order valence-corrected chi connectivity index (χ3v) is 6.07. The van der Waals surface area contributed by atoms with E-state index in [0.29, 0.717) is 23.5 Å². The smallest absolute Gasteiger partial charge is 0.243 e. The Bertz CT molecular complexity index is 573. The summed E-state index contributed by atoms with van der Waals surface area (Å²) in [5, 5.41) is 9.29. The number of aryl methyl sites for hydroxylation is 1. The van der Waals surface area contributed by atoms with Gasteiger partial charge in [0.05, 0.1) is 11.5 Å². The number of aliphatic hydroxyl groups excluding tert-OH is 1. The van der Waals surface area contributed by atoms with E-state index in [0.717, 1.165) is 36.8 Å². The van der Waals surface area contributed by atoms with Crippen LogP contribution in [0.3, 0.4) is 0 Å². The number of hydrogen-bond donors (Lipinski definition) is 1. The summed E-state index contributed by atoms with van der Waals surface area (Å²) in [5.74, 6) is 0. The van der Waals surface area contributed by atoms with Crippen molar-refractivity contribution in [2.24, 2.45) is 0 Å². The fourth-order valence-corrected chi connectivity index (χ4v) is 4.54. The van der Waals surface area contributed by atoms with Crippen LogP contribution in [0, 0.1) is 13.8 Å². The molecule has 0 spiro atoms. The van der Waals surface area contributed by atoms with E-state index in [-0.39, 0.29) is 6.61 Å². The molecular weight excluding hydrogens is 274 g/mol. The van der Waals surface area contributed by atoms with Crippen molar-refractivity contribution in [3.8, 4) is 0 Å². The first-order chi connectivity index (χ1) is 9.46. The second-order valence-corrected chi connectivity index (χ2v) is 7.42. The molecule has 2 rings (SSSR count). The van der Waals surface area contributed by atoms with E-state index in [4.69, 9.17) is 0 Å². The molecule has 1 aromatic carbocycles. The Hall–Kier alpha value is -0.910. The average Bonchev–Trinajstić information content (AvgIpc) is 2.70. The van der Waals surface area contributed by atoms with Gasteiger partial charge in [0.1, 0.15) is 0 Å². The Labute approximate surface area is 121 Å². The van der Waals surface area contributed by atoms with E-state index in [1.165, 1.54) is 0 Å². The summed E-state index contributed by atoms with van der Waals surface area (Å²) < 4.78 is 27.3. The van der Waals surface area contributed by atoms with Crippen LogP contribution in [0.15, 0.2) is 17.0 Å². The van der Waals surface area contributed by atoms with Gasteiger partial charge in [0.2, 0.25) is 10.0 Å². The Morgan fingerprint density at radius 1 is 1.10 bits per heavy atom. The highest BCUT2D eigenvalue weighted by atomic mass is 32.2. The quantitative estimate of drug-likeness (QED) is 0.932. The summed E-state index contributed by atoms with van der Waals surface area (Å²) in [6.07, 6.45) is 4.05. The molecule has 1 aliphatic heterocycles. The van der Waals surface area contributed by atoms with Crippen LogP contribution < -0.4 is 0 Å². The maximum absolute atomic E-state index is 12.8. The molecule has 1 aliphatic rings. The molecule has 4 nitrogen and oxygen atoms in total. The highest BCUT2D eigenvalue weighted by molar-refractivity contribution is 7.89. The van der Waals surface area contributed by atoms with Gasteiger partial charge in [0.25, 0.3) is 0 Å². The molecule has 20 heavy (non-hydrogen) atoms. The number of nitrogens with zero attached hydrogens (tertiary/aromatic N) is 1. The van der Waals surface area contributed by atoms with Crippen LogP contribution in [0.1, 0.15) is 42.4 Å². The topological polar surface area (TPSA) is 57.6 Å². The molecule has 0 saturated carbocycles. The monoisotopic (exact) mass is 297 g/mol. The van der Waals surface area contributed by atoms with Gasteiger partial charge < -0.3 is 5.11 Å². The largest absolute Gasteiger partial charge is 0.392 e. The maximum Gasteiger partial charge on any atom is 0.243 e. The van der Waals surface area contributed by atoms with Crippen molar-refractivity contribution in [2.45, 2.75) is 51.0 Å². The number of aliphatic hydroxyl groups is 1. The fourth-order valence-electron chi connectivity index (χ4n) is 2.68.